The summed E-state index contributed by atoms with van der Waals surface area (Å²) in [7, 11) is 1.54. The molecule has 3 aromatic rings. The Bertz CT molecular complexity index is 1140. The van der Waals surface area contributed by atoms with E-state index in [1.807, 2.05) is 0 Å². The van der Waals surface area contributed by atoms with E-state index < -0.39 is 16.6 Å². The molecule has 0 bridgehead atoms. The largest absolute Gasteiger partial charge is 0.489 e. The van der Waals surface area contributed by atoms with Gasteiger partial charge in [0.1, 0.15) is 24.1 Å². The number of rotatable bonds is 7. The molecule has 0 fully saturated rings. The number of fused-ring (bicyclic) bond motifs is 1. The number of benzene rings is 2. The Morgan fingerprint density at radius 3 is 2.76 bits per heavy atom. The van der Waals surface area contributed by atoms with E-state index in [0.717, 1.165) is 0 Å². The van der Waals surface area contributed by atoms with Crippen molar-refractivity contribution in [1.82, 2.24) is 9.55 Å². The number of halogens is 2. The smallest absolute Gasteiger partial charge is 0.293 e. The highest BCUT2D eigenvalue weighted by Crippen LogP contribution is 2.28. The third kappa shape index (κ3) is 4.58. The first kappa shape index (κ1) is 20.8. The lowest BCUT2D eigenvalue weighted by Gasteiger charge is -2.15. The first-order valence-corrected chi connectivity index (χ1v) is 9.17. The summed E-state index contributed by atoms with van der Waals surface area (Å²) in [6.07, 6.45) is 0.222. The number of nitro groups is 1. The van der Waals surface area contributed by atoms with E-state index in [1.165, 1.54) is 29.1 Å². The molecule has 0 aliphatic rings. The van der Waals surface area contributed by atoms with E-state index >= 15 is 0 Å². The van der Waals surface area contributed by atoms with Crippen molar-refractivity contribution in [1.29, 1.82) is 0 Å². The summed E-state index contributed by atoms with van der Waals surface area (Å²) in [5.74, 6) is 0.342. The first-order valence-electron chi connectivity index (χ1n) is 8.41. The standard InChI is InChI=1S/C18H16Cl2N4O5/c1-21-15-6-14-12(5-16(15)24(27)28)18(26)23(9-22-14)7-11(25)8-29-17-3-2-10(19)4-13(17)20/h2-6,9,11,21,25H,7-8H2,1H3. The molecule has 1 aromatic heterocycles. The van der Waals surface area contributed by atoms with E-state index in [-0.39, 0.29) is 29.9 Å². The predicted molar refractivity (Wildman–Crippen MR) is 110 cm³/mol. The van der Waals surface area contributed by atoms with Gasteiger partial charge in [0.15, 0.2) is 0 Å². The number of aliphatic hydroxyl groups is 1. The van der Waals surface area contributed by atoms with Crippen LogP contribution in [0.25, 0.3) is 10.9 Å². The van der Waals surface area contributed by atoms with Crippen LogP contribution in [0.1, 0.15) is 0 Å². The van der Waals surface area contributed by atoms with Gasteiger partial charge in [-0.25, -0.2) is 4.98 Å². The Morgan fingerprint density at radius 2 is 2.10 bits per heavy atom. The van der Waals surface area contributed by atoms with Crippen molar-refractivity contribution in [2.24, 2.45) is 0 Å². The fourth-order valence-corrected chi connectivity index (χ4v) is 3.20. The van der Waals surface area contributed by atoms with Crippen molar-refractivity contribution >= 4 is 45.5 Å². The van der Waals surface area contributed by atoms with E-state index in [0.29, 0.717) is 21.3 Å². The van der Waals surface area contributed by atoms with Crippen LogP contribution >= 0.6 is 23.2 Å². The minimum absolute atomic E-state index is 0.0760. The predicted octanol–water partition coefficient (Wildman–Crippen LogP) is 3.09. The second-order valence-corrected chi connectivity index (χ2v) is 6.98. The Morgan fingerprint density at radius 1 is 1.34 bits per heavy atom. The van der Waals surface area contributed by atoms with Gasteiger partial charge in [-0.05, 0) is 24.3 Å². The van der Waals surface area contributed by atoms with Gasteiger partial charge in [0, 0.05) is 18.1 Å². The van der Waals surface area contributed by atoms with Crippen molar-refractivity contribution in [2.45, 2.75) is 12.6 Å². The molecule has 152 valence electrons. The van der Waals surface area contributed by atoms with Crippen LogP contribution in [0.2, 0.25) is 10.0 Å². The van der Waals surface area contributed by atoms with E-state index in [4.69, 9.17) is 27.9 Å². The zero-order chi connectivity index (χ0) is 21.1. The number of nitro benzene ring substituents is 1. The first-order chi connectivity index (χ1) is 13.8. The Kier molecular flexibility index (Phi) is 6.21. The molecule has 2 aromatic carbocycles. The Balaban J connectivity index is 1.81. The van der Waals surface area contributed by atoms with Crippen LogP contribution in [0, 0.1) is 10.1 Å². The summed E-state index contributed by atoms with van der Waals surface area (Å²) in [6, 6.07) is 7.28. The molecule has 1 heterocycles. The number of anilines is 1. The lowest BCUT2D eigenvalue weighted by Crippen LogP contribution is -2.30. The number of hydrogen-bond donors (Lipinski definition) is 2. The van der Waals surface area contributed by atoms with Crippen LogP contribution in [0.4, 0.5) is 11.4 Å². The molecule has 1 unspecified atom stereocenters. The fourth-order valence-electron chi connectivity index (χ4n) is 2.73. The monoisotopic (exact) mass is 438 g/mol. The molecule has 0 saturated carbocycles. The molecule has 0 saturated heterocycles. The van der Waals surface area contributed by atoms with Gasteiger partial charge in [-0.15, -0.1) is 0 Å². The molecule has 0 radical (unpaired) electrons. The minimum atomic E-state index is -1.05. The number of nitrogens with one attached hydrogen (secondary N) is 1. The fraction of sp³-hybridized carbons (Fsp3) is 0.222. The Labute approximate surface area is 174 Å². The highest BCUT2D eigenvalue weighted by Gasteiger charge is 2.18. The van der Waals surface area contributed by atoms with Crippen LogP contribution < -0.4 is 15.6 Å². The molecule has 29 heavy (non-hydrogen) atoms. The second kappa shape index (κ2) is 8.64. The lowest BCUT2D eigenvalue weighted by molar-refractivity contribution is -0.383. The van der Waals surface area contributed by atoms with E-state index in [2.05, 4.69) is 10.3 Å². The molecule has 3 rings (SSSR count). The van der Waals surface area contributed by atoms with E-state index in [1.54, 1.807) is 19.2 Å². The summed E-state index contributed by atoms with van der Waals surface area (Å²) >= 11 is 11.8. The highest BCUT2D eigenvalue weighted by molar-refractivity contribution is 6.35. The van der Waals surface area contributed by atoms with Gasteiger partial charge < -0.3 is 15.2 Å². The lowest BCUT2D eigenvalue weighted by atomic mass is 10.2. The zero-order valence-electron chi connectivity index (χ0n) is 15.1. The molecule has 0 aliphatic carbocycles. The molecule has 1 atom stereocenters. The topological polar surface area (TPSA) is 120 Å². The summed E-state index contributed by atoms with van der Waals surface area (Å²) in [6.45, 7) is -0.251. The third-order valence-electron chi connectivity index (χ3n) is 4.14. The average Bonchev–Trinajstić information content (AvgIpc) is 2.68. The van der Waals surface area contributed by atoms with Crippen LogP contribution in [0.15, 0.2) is 41.5 Å². The van der Waals surface area contributed by atoms with Crippen molar-refractivity contribution < 1.29 is 14.8 Å². The van der Waals surface area contributed by atoms with Gasteiger partial charge in [-0.2, -0.15) is 0 Å². The molecule has 0 aliphatic heterocycles. The van der Waals surface area contributed by atoms with Crippen molar-refractivity contribution in [3.8, 4) is 5.75 Å². The van der Waals surface area contributed by atoms with Crippen LogP contribution in [-0.2, 0) is 6.54 Å². The van der Waals surface area contributed by atoms with Crippen LogP contribution in [0.5, 0.6) is 5.75 Å². The van der Waals surface area contributed by atoms with Gasteiger partial charge in [0.25, 0.3) is 11.2 Å². The van der Waals surface area contributed by atoms with Crippen molar-refractivity contribution in [3.05, 3.63) is 67.2 Å². The SMILES string of the molecule is CNc1cc2ncn(CC(O)COc3ccc(Cl)cc3Cl)c(=O)c2cc1[N+](=O)[O-]. The van der Waals surface area contributed by atoms with Crippen LogP contribution in [0.3, 0.4) is 0 Å². The number of hydrogen-bond acceptors (Lipinski definition) is 7. The molecule has 0 spiro atoms. The molecular weight excluding hydrogens is 423 g/mol. The van der Waals surface area contributed by atoms with Gasteiger partial charge in [-0.1, -0.05) is 23.2 Å². The summed E-state index contributed by atoms with van der Waals surface area (Å²) in [5, 5.41) is 25.0. The molecule has 11 heteroatoms. The molecular formula is C18H16Cl2N4O5. The van der Waals surface area contributed by atoms with Crippen molar-refractivity contribution in [3.63, 3.8) is 0 Å². The van der Waals surface area contributed by atoms with Gasteiger partial charge in [0.05, 0.1) is 33.7 Å². The summed E-state index contributed by atoms with van der Waals surface area (Å²) in [4.78, 5) is 27.5. The maximum Gasteiger partial charge on any atom is 0.293 e. The van der Waals surface area contributed by atoms with Gasteiger partial charge in [-0.3, -0.25) is 19.5 Å². The summed E-state index contributed by atoms with van der Waals surface area (Å²) < 4.78 is 6.63. The zero-order valence-corrected chi connectivity index (χ0v) is 16.6. The highest BCUT2D eigenvalue weighted by atomic mass is 35.5. The maximum atomic E-state index is 12.7. The van der Waals surface area contributed by atoms with E-state index in [9.17, 15) is 20.0 Å². The Hall–Kier alpha value is -2.88. The van der Waals surface area contributed by atoms with Gasteiger partial charge >= 0.3 is 0 Å². The maximum absolute atomic E-state index is 12.7. The average molecular weight is 439 g/mol. The summed E-state index contributed by atoms with van der Waals surface area (Å²) in [5.41, 5.74) is -0.192. The minimum Gasteiger partial charge on any atom is -0.489 e. The number of aromatic nitrogens is 2. The number of nitrogens with zero attached hydrogens (tertiary/aromatic N) is 3. The second-order valence-electron chi connectivity index (χ2n) is 6.14. The van der Waals surface area contributed by atoms with Gasteiger partial charge in [0.2, 0.25) is 0 Å². The third-order valence-corrected chi connectivity index (χ3v) is 4.67. The number of aliphatic hydroxyl groups excluding tert-OH is 1. The van der Waals surface area contributed by atoms with Crippen molar-refractivity contribution in [2.75, 3.05) is 19.0 Å². The molecule has 0 amide bonds. The van der Waals surface area contributed by atoms with Crippen LogP contribution in [-0.4, -0.2) is 39.3 Å². The number of ether oxygens (including phenoxy) is 1. The molecule has 2 N–H and O–H groups in total. The quantitative estimate of drug-likeness (QED) is 0.429. The molecule has 9 nitrogen and oxygen atoms in total. The normalized spacial score (nSPS) is 12.0.